The zero-order chi connectivity index (χ0) is 17.7. The lowest BCUT2D eigenvalue weighted by atomic mass is 9.97. The molecule has 1 N–H and O–H groups in total. The summed E-state index contributed by atoms with van der Waals surface area (Å²) in [5.74, 6) is -0.558. The second kappa shape index (κ2) is 7.92. The molecule has 1 aliphatic rings. The van der Waals surface area contributed by atoms with Crippen LogP contribution in [-0.4, -0.2) is 67.9 Å². The summed E-state index contributed by atoms with van der Waals surface area (Å²) in [5.41, 5.74) is 0.831. The van der Waals surface area contributed by atoms with E-state index in [-0.39, 0.29) is 37.3 Å². The van der Waals surface area contributed by atoms with Crippen LogP contribution >= 0.6 is 0 Å². The molecule has 0 saturated carbocycles. The predicted molar refractivity (Wildman–Crippen MR) is 88.0 cm³/mol. The van der Waals surface area contributed by atoms with E-state index in [2.05, 4.69) is 5.32 Å². The van der Waals surface area contributed by atoms with Gasteiger partial charge in [-0.1, -0.05) is 30.3 Å². The number of nitrogens with zero attached hydrogens (tertiary/aromatic N) is 2. The van der Waals surface area contributed by atoms with Gasteiger partial charge in [-0.15, -0.1) is 0 Å². The maximum absolute atomic E-state index is 12.5. The highest BCUT2D eigenvalue weighted by Gasteiger charge is 2.39. The van der Waals surface area contributed by atoms with E-state index in [1.807, 2.05) is 30.3 Å². The second-order valence-electron chi connectivity index (χ2n) is 5.92. The van der Waals surface area contributed by atoms with Crippen molar-refractivity contribution in [3.05, 3.63) is 35.9 Å². The number of likely N-dealkylation sites (N-methyl/N-ethyl adjacent to an activating group) is 1. The Morgan fingerprint density at radius 1 is 1.29 bits per heavy atom. The molecule has 1 heterocycles. The number of carbonyl (C=O) groups is 3. The summed E-state index contributed by atoms with van der Waals surface area (Å²) in [4.78, 5) is 39.0. The zero-order valence-electron chi connectivity index (χ0n) is 14.2. The molecule has 1 saturated heterocycles. The molecular formula is C17H23N3O4. The van der Waals surface area contributed by atoms with Gasteiger partial charge in [0.15, 0.2) is 6.10 Å². The van der Waals surface area contributed by atoms with Crippen molar-refractivity contribution in [1.29, 1.82) is 0 Å². The summed E-state index contributed by atoms with van der Waals surface area (Å²) in [5, 5.41) is 2.72. The maximum Gasteiger partial charge on any atom is 0.251 e. The Hall–Kier alpha value is -2.41. The van der Waals surface area contributed by atoms with Crippen molar-refractivity contribution in [2.75, 3.05) is 34.3 Å². The fourth-order valence-corrected chi connectivity index (χ4v) is 2.60. The van der Waals surface area contributed by atoms with E-state index in [1.165, 1.54) is 9.80 Å². The molecule has 0 radical (unpaired) electrons. The molecule has 0 spiro atoms. The van der Waals surface area contributed by atoms with E-state index >= 15 is 0 Å². The van der Waals surface area contributed by atoms with E-state index in [1.54, 1.807) is 21.1 Å². The molecule has 0 unspecified atom stereocenters. The molecule has 0 aromatic heterocycles. The van der Waals surface area contributed by atoms with Crippen molar-refractivity contribution in [2.45, 2.75) is 18.6 Å². The van der Waals surface area contributed by atoms with E-state index in [9.17, 15) is 14.4 Å². The average Bonchev–Trinajstić information content (AvgIpc) is 2.57. The number of hydrogen-bond donors (Lipinski definition) is 1. The third kappa shape index (κ3) is 4.11. The third-order valence-corrected chi connectivity index (χ3v) is 4.02. The summed E-state index contributed by atoms with van der Waals surface area (Å²) >= 11 is 0. The molecule has 1 aromatic rings. The van der Waals surface area contributed by atoms with Crippen LogP contribution in [0, 0.1) is 0 Å². The lowest BCUT2D eigenvalue weighted by Gasteiger charge is -2.38. The SMILES string of the molecule is CN(C)C(=O)CCNC(=O)[C@@H]1OCC(=O)N(C)[C@@H]1c1ccccc1. The number of carbonyl (C=O) groups excluding carboxylic acids is 3. The van der Waals surface area contributed by atoms with Gasteiger partial charge in [-0.25, -0.2) is 0 Å². The van der Waals surface area contributed by atoms with Gasteiger partial charge in [-0.3, -0.25) is 14.4 Å². The Kier molecular flexibility index (Phi) is 5.92. The molecule has 2 rings (SSSR count). The van der Waals surface area contributed by atoms with Crippen LogP contribution in [0.5, 0.6) is 0 Å². The van der Waals surface area contributed by atoms with Gasteiger partial charge in [-0.05, 0) is 5.56 Å². The van der Waals surface area contributed by atoms with Gasteiger partial charge in [0.25, 0.3) is 5.91 Å². The van der Waals surface area contributed by atoms with Crippen molar-refractivity contribution in [3.8, 4) is 0 Å². The van der Waals surface area contributed by atoms with Gasteiger partial charge in [0, 0.05) is 34.1 Å². The van der Waals surface area contributed by atoms with Crippen LogP contribution in [0.25, 0.3) is 0 Å². The normalized spacial score (nSPS) is 20.6. The largest absolute Gasteiger partial charge is 0.356 e. The average molecular weight is 333 g/mol. The van der Waals surface area contributed by atoms with Gasteiger partial charge in [0.05, 0.1) is 6.04 Å². The van der Waals surface area contributed by atoms with Crippen LogP contribution < -0.4 is 5.32 Å². The number of ether oxygens (including phenoxy) is 1. The van der Waals surface area contributed by atoms with Crippen molar-refractivity contribution in [2.24, 2.45) is 0 Å². The van der Waals surface area contributed by atoms with E-state index in [4.69, 9.17) is 4.74 Å². The number of nitrogens with one attached hydrogen (secondary N) is 1. The molecule has 7 nitrogen and oxygen atoms in total. The Labute approximate surface area is 141 Å². The summed E-state index contributed by atoms with van der Waals surface area (Å²) < 4.78 is 5.50. The maximum atomic E-state index is 12.5. The number of morpholine rings is 1. The molecule has 7 heteroatoms. The molecule has 1 aromatic carbocycles. The van der Waals surface area contributed by atoms with Crippen molar-refractivity contribution < 1.29 is 19.1 Å². The first-order chi connectivity index (χ1) is 11.4. The summed E-state index contributed by atoms with van der Waals surface area (Å²) in [6.07, 6.45) is -0.583. The predicted octanol–water partition coefficient (Wildman–Crippen LogP) is 0.179. The highest BCUT2D eigenvalue weighted by atomic mass is 16.5. The van der Waals surface area contributed by atoms with Gasteiger partial charge in [0.2, 0.25) is 11.8 Å². The lowest BCUT2D eigenvalue weighted by Crippen LogP contribution is -2.53. The Bertz CT molecular complexity index is 603. The molecule has 0 bridgehead atoms. The molecule has 130 valence electrons. The summed E-state index contributed by atoms with van der Waals surface area (Å²) in [6, 6.07) is 8.81. The van der Waals surface area contributed by atoms with E-state index < -0.39 is 12.1 Å². The van der Waals surface area contributed by atoms with E-state index in [0.717, 1.165) is 5.56 Å². The van der Waals surface area contributed by atoms with Crippen LogP contribution in [0.15, 0.2) is 30.3 Å². The van der Waals surface area contributed by atoms with Crippen molar-refractivity contribution >= 4 is 17.7 Å². The van der Waals surface area contributed by atoms with Crippen LogP contribution in [0.3, 0.4) is 0 Å². The molecule has 1 aliphatic heterocycles. The Morgan fingerprint density at radius 3 is 2.58 bits per heavy atom. The minimum atomic E-state index is -0.801. The highest BCUT2D eigenvalue weighted by Crippen LogP contribution is 2.28. The zero-order valence-corrected chi connectivity index (χ0v) is 14.2. The number of benzene rings is 1. The van der Waals surface area contributed by atoms with Gasteiger partial charge < -0.3 is 19.9 Å². The quantitative estimate of drug-likeness (QED) is 0.834. The monoisotopic (exact) mass is 333 g/mol. The highest BCUT2D eigenvalue weighted by molar-refractivity contribution is 5.86. The van der Waals surface area contributed by atoms with E-state index in [0.29, 0.717) is 0 Å². The first-order valence-corrected chi connectivity index (χ1v) is 7.82. The minimum Gasteiger partial charge on any atom is -0.356 e. The number of hydrogen-bond acceptors (Lipinski definition) is 4. The number of rotatable bonds is 5. The smallest absolute Gasteiger partial charge is 0.251 e. The molecular weight excluding hydrogens is 310 g/mol. The molecule has 3 amide bonds. The fraction of sp³-hybridized carbons (Fsp3) is 0.471. The Morgan fingerprint density at radius 2 is 1.96 bits per heavy atom. The summed E-state index contributed by atoms with van der Waals surface area (Å²) in [7, 11) is 5.00. The van der Waals surface area contributed by atoms with Crippen molar-refractivity contribution in [1.82, 2.24) is 15.1 Å². The van der Waals surface area contributed by atoms with Crippen LogP contribution in [0.1, 0.15) is 18.0 Å². The van der Waals surface area contributed by atoms with Crippen LogP contribution in [0.2, 0.25) is 0 Å². The molecule has 24 heavy (non-hydrogen) atoms. The second-order valence-corrected chi connectivity index (χ2v) is 5.92. The molecule has 2 atom stereocenters. The van der Waals surface area contributed by atoms with Gasteiger partial charge in [0.1, 0.15) is 6.61 Å². The van der Waals surface area contributed by atoms with Crippen LogP contribution in [0.4, 0.5) is 0 Å². The summed E-state index contributed by atoms with van der Waals surface area (Å²) in [6.45, 7) is 0.101. The fourth-order valence-electron chi connectivity index (χ4n) is 2.60. The topological polar surface area (TPSA) is 79.0 Å². The number of amides is 3. The first-order valence-electron chi connectivity index (χ1n) is 7.82. The first kappa shape index (κ1) is 17.9. The van der Waals surface area contributed by atoms with Crippen LogP contribution in [-0.2, 0) is 19.1 Å². The van der Waals surface area contributed by atoms with Gasteiger partial charge in [-0.2, -0.15) is 0 Å². The molecule has 1 fully saturated rings. The third-order valence-electron chi connectivity index (χ3n) is 4.02. The van der Waals surface area contributed by atoms with Gasteiger partial charge >= 0.3 is 0 Å². The molecule has 0 aliphatic carbocycles. The Balaban J connectivity index is 2.07. The lowest BCUT2D eigenvalue weighted by molar-refractivity contribution is -0.162. The minimum absolute atomic E-state index is 0.0632. The van der Waals surface area contributed by atoms with Crippen molar-refractivity contribution in [3.63, 3.8) is 0 Å². The standard InChI is InChI=1S/C17H23N3O4/c1-19(2)13(21)9-10-18-17(23)16-15(12-7-5-4-6-8-12)20(3)14(22)11-24-16/h4-8,15-16H,9-11H2,1-3H3,(H,18,23)/t15-,16-/m1/s1.